The van der Waals surface area contributed by atoms with E-state index in [1.807, 2.05) is 6.08 Å². The van der Waals surface area contributed by atoms with Crippen LogP contribution in [0.25, 0.3) is 0 Å². The summed E-state index contributed by atoms with van der Waals surface area (Å²) in [6, 6.07) is -0.629. The Kier molecular flexibility index (Phi) is 67.4. The Labute approximate surface area is 499 Å². The highest BCUT2D eigenvalue weighted by Gasteiger charge is 2.18. The van der Waals surface area contributed by atoms with Crippen molar-refractivity contribution in [3.05, 3.63) is 48.6 Å². The van der Waals surface area contributed by atoms with E-state index in [9.17, 15) is 19.8 Å². The molecule has 0 bridgehead atoms. The van der Waals surface area contributed by atoms with Crippen LogP contribution >= 0.6 is 0 Å². The third-order valence-electron chi connectivity index (χ3n) is 16.6. The van der Waals surface area contributed by atoms with Crippen molar-refractivity contribution in [2.24, 2.45) is 0 Å². The minimum Gasteiger partial charge on any atom is -0.466 e. The van der Waals surface area contributed by atoms with Crippen LogP contribution in [0.3, 0.4) is 0 Å². The molecule has 0 aromatic carbocycles. The number of esters is 1. The van der Waals surface area contributed by atoms with Crippen molar-refractivity contribution in [2.45, 2.75) is 398 Å². The number of hydrogen-bond donors (Lipinski definition) is 3. The van der Waals surface area contributed by atoms with Crippen LogP contribution < -0.4 is 5.32 Å². The van der Waals surface area contributed by atoms with Gasteiger partial charge in [-0.2, -0.15) is 0 Å². The number of aliphatic hydroxyl groups is 2. The highest BCUT2D eigenvalue weighted by molar-refractivity contribution is 5.76. The van der Waals surface area contributed by atoms with Crippen molar-refractivity contribution in [1.82, 2.24) is 5.32 Å². The number of rotatable bonds is 67. The molecule has 0 rings (SSSR count). The van der Waals surface area contributed by atoms with Crippen molar-refractivity contribution < 1.29 is 24.5 Å². The number of unbranched alkanes of at least 4 members (excludes halogenated alkanes) is 50. The standard InChI is InChI=1S/C74H139NO5/c1-3-5-7-9-11-13-15-17-19-20-32-36-40-44-48-52-56-60-64-68-74(79)80-69-65-61-57-53-49-45-41-37-34-31-29-27-25-23-21-22-24-26-28-30-33-35-39-43-47-51-55-59-63-67-73(78)75-71(70-76)72(77)66-62-58-54-50-46-42-38-18-16-14-12-10-8-6-4-2/h17,19,21,23,27,29,62,66,71-72,76-77H,3-16,18,20,22,24-26,28,30-61,63-65,67-70H2,1-2H3,(H,75,78)/b19-17-,23-21-,29-27-,66-62+. The Morgan fingerprint density at radius 2 is 0.625 bits per heavy atom. The monoisotopic (exact) mass is 1120 g/mol. The zero-order valence-electron chi connectivity index (χ0n) is 53.8. The van der Waals surface area contributed by atoms with Crippen LogP contribution in [0.2, 0.25) is 0 Å². The Morgan fingerprint density at radius 1 is 0.350 bits per heavy atom. The molecule has 1 amide bonds. The molecule has 2 atom stereocenters. The maximum atomic E-state index is 12.5. The minimum absolute atomic E-state index is 0.0115. The van der Waals surface area contributed by atoms with Gasteiger partial charge in [0.15, 0.2) is 0 Å². The molecule has 6 heteroatoms. The summed E-state index contributed by atoms with van der Waals surface area (Å²) in [5.41, 5.74) is 0. The van der Waals surface area contributed by atoms with Crippen molar-refractivity contribution in [3.63, 3.8) is 0 Å². The number of aliphatic hydroxyl groups excluding tert-OH is 2. The largest absolute Gasteiger partial charge is 0.466 e. The summed E-state index contributed by atoms with van der Waals surface area (Å²) in [5, 5.41) is 23.2. The Hall–Kier alpha value is -2.18. The first kappa shape index (κ1) is 77.8. The summed E-state index contributed by atoms with van der Waals surface area (Å²) in [7, 11) is 0. The van der Waals surface area contributed by atoms with Crippen LogP contribution in [0.1, 0.15) is 386 Å². The van der Waals surface area contributed by atoms with Crippen molar-refractivity contribution in [2.75, 3.05) is 13.2 Å². The fraction of sp³-hybridized carbons (Fsp3) is 0.865. The lowest BCUT2D eigenvalue weighted by Gasteiger charge is -2.20. The Bertz CT molecular complexity index is 1340. The smallest absolute Gasteiger partial charge is 0.305 e. The molecule has 2 unspecified atom stereocenters. The zero-order valence-corrected chi connectivity index (χ0v) is 53.8. The molecule has 0 spiro atoms. The average molecular weight is 1120 g/mol. The van der Waals surface area contributed by atoms with Crippen molar-refractivity contribution >= 4 is 11.9 Å². The molecular weight excluding hydrogens is 983 g/mol. The Balaban J connectivity index is 3.41. The molecule has 0 aromatic rings. The summed E-state index contributed by atoms with van der Waals surface area (Å²) in [6.07, 6.45) is 90.5. The van der Waals surface area contributed by atoms with E-state index in [1.54, 1.807) is 6.08 Å². The van der Waals surface area contributed by atoms with Gasteiger partial charge in [0.05, 0.1) is 25.4 Å². The van der Waals surface area contributed by atoms with Crippen molar-refractivity contribution in [3.8, 4) is 0 Å². The molecule has 3 N–H and O–H groups in total. The third kappa shape index (κ3) is 65.0. The molecule has 0 heterocycles. The molecule has 0 saturated carbocycles. The van der Waals surface area contributed by atoms with Gasteiger partial charge in [-0.15, -0.1) is 0 Å². The zero-order chi connectivity index (χ0) is 57.8. The second-order valence-corrected chi connectivity index (χ2v) is 24.6. The molecule has 470 valence electrons. The summed E-state index contributed by atoms with van der Waals surface area (Å²) >= 11 is 0. The van der Waals surface area contributed by atoms with E-state index in [0.717, 1.165) is 51.4 Å². The second kappa shape index (κ2) is 69.3. The third-order valence-corrected chi connectivity index (χ3v) is 16.6. The van der Waals surface area contributed by atoms with Crippen LogP contribution in [0.15, 0.2) is 48.6 Å². The molecule has 80 heavy (non-hydrogen) atoms. The molecular formula is C74H139NO5. The molecule has 0 aliphatic heterocycles. The fourth-order valence-corrected chi connectivity index (χ4v) is 11.1. The number of hydrogen-bond acceptors (Lipinski definition) is 5. The minimum atomic E-state index is -0.846. The maximum absolute atomic E-state index is 12.5. The highest BCUT2D eigenvalue weighted by atomic mass is 16.5. The van der Waals surface area contributed by atoms with E-state index in [0.29, 0.717) is 19.4 Å². The lowest BCUT2D eigenvalue weighted by atomic mass is 10.0. The fourth-order valence-electron chi connectivity index (χ4n) is 11.1. The van der Waals surface area contributed by atoms with Gasteiger partial charge in [-0.25, -0.2) is 0 Å². The molecule has 0 aliphatic rings. The summed E-state index contributed by atoms with van der Waals surface area (Å²) in [4.78, 5) is 24.6. The molecule has 0 aliphatic carbocycles. The average Bonchev–Trinajstić information content (AvgIpc) is 3.46. The highest BCUT2D eigenvalue weighted by Crippen LogP contribution is 2.18. The van der Waals surface area contributed by atoms with E-state index in [4.69, 9.17) is 4.74 Å². The number of ether oxygens (including phenoxy) is 1. The number of nitrogens with one attached hydrogen (secondary N) is 1. The van der Waals surface area contributed by atoms with Gasteiger partial charge >= 0.3 is 5.97 Å². The molecule has 0 aromatic heterocycles. The maximum Gasteiger partial charge on any atom is 0.305 e. The predicted octanol–water partition coefficient (Wildman–Crippen LogP) is 23.3. The molecule has 0 radical (unpaired) electrons. The lowest BCUT2D eigenvalue weighted by molar-refractivity contribution is -0.143. The van der Waals surface area contributed by atoms with Crippen LogP contribution in [-0.4, -0.2) is 47.4 Å². The second-order valence-electron chi connectivity index (χ2n) is 24.6. The van der Waals surface area contributed by atoms with Crippen LogP contribution in [0.5, 0.6) is 0 Å². The van der Waals surface area contributed by atoms with Gasteiger partial charge in [0, 0.05) is 12.8 Å². The quantitative estimate of drug-likeness (QED) is 0.0320. The van der Waals surface area contributed by atoms with Gasteiger partial charge in [-0.1, -0.05) is 332 Å². The van der Waals surface area contributed by atoms with E-state index in [-0.39, 0.29) is 18.5 Å². The topological polar surface area (TPSA) is 95.9 Å². The van der Waals surface area contributed by atoms with E-state index in [1.165, 1.54) is 308 Å². The van der Waals surface area contributed by atoms with Gasteiger partial charge in [0.2, 0.25) is 5.91 Å². The van der Waals surface area contributed by atoms with E-state index >= 15 is 0 Å². The van der Waals surface area contributed by atoms with Gasteiger partial charge < -0.3 is 20.3 Å². The van der Waals surface area contributed by atoms with E-state index < -0.39 is 12.1 Å². The van der Waals surface area contributed by atoms with Crippen LogP contribution in [-0.2, 0) is 14.3 Å². The number of carbonyl (C=O) groups is 2. The van der Waals surface area contributed by atoms with E-state index in [2.05, 4.69) is 55.6 Å². The van der Waals surface area contributed by atoms with Crippen LogP contribution in [0.4, 0.5) is 0 Å². The summed E-state index contributed by atoms with van der Waals surface area (Å²) < 4.78 is 5.51. The first-order valence-electron chi connectivity index (χ1n) is 35.9. The van der Waals surface area contributed by atoms with Gasteiger partial charge in [0.25, 0.3) is 0 Å². The van der Waals surface area contributed by atoms with Gasteiger partial charge in [0.1, 0.15) is 0 Å². The molecule has 0 fully saturated rings. The Morgan fingerprint density at radius 3 is 0.963 bits per heavy atom. The van der Waals surface area contributed by atoms with Crippen LogP contribution in [0, 0.1) is 0 Å². The molecule has 6 nitrogen and oxygen atoms in total. The first-order valence-corrected chi connectivity index (χ1v) is 35.9. The summed E-state index contributed by atoms with van der Waals surface area (Å²) in [5.74, 6) is -0.0559. The number of carbonyl (C=O) groups excluding carboxylic acids is 2. The van der Waals surface area contributed by atoms with Crippen molar-refractivity contribution in [1.29, 1.82) is 0 Å². The number of amides is 1. The SMILES string of the molecule is CCCCCCCC/C=C\CCCCCCCCCCCC(=O)OCCCCCCCCCCC/C=C\C/C=C\CCCCCCCCCCCCCCCC(=O)NC(CO)C(O)/C=C/CCCCCCCCCCCCCCC. The van der Waals surface area contributed by atoms with Gasteiger partial charge in [-0.3, -0.25) is 9.59 Å². The molecule has 0 saturated heterocycles. The number of allylic oxidation sites excluding steroid dienone is 7. The normalized spacial score (nSPS) is 12.8. The predicted molar refractivity (Wildman–Crippen MR) is 352 cm³/mol. The summed E-state index contributed by atoms with van der Waals surface area (Å²) in [6.45, 7) is 4.92. The van der Waals surface area contributed by atoms with Gasteiger partial charge in [-0.05, 0) is 89.9 Å². The lowest BCUT2D eigenvalue weighted by Crippen LogP contribution is -2.45. The first-order chi connectivity index (χ1) is 39.5.